The first-order chi connectivity index (χ1) is 11.1. The summed E-state index contributed by atoms with van der Waals surface area (Å²) in [6, 6.07) is -0.333. The normalized spacial score (nSPS) is 20.0. The second-order valence-electron chi connectivity index (χ2n) is 6.37. The van der Waals surface area contributed by atoms with Crippen LogP contribution in [0.1, 0.15) is 50.4 Å². The number of rotatable bonds is 4. The maximum absolute atomic E-state index is 13.0. The van der Waals surface area contributed by atoms with E-state index in [4.69, 9.17) is 4.52 Å². The molecule has 0 radical (unpaired) electrons. The van der Waals surface area contributed by atoms with Crippen molar-refractivity contribution < 1.29 is 9.32 Å². The Morgan fingerprint density at radius 2 is 2.26 bits per heavy atom. The van der Waals surface area contributed by atoms with E-state index in [1.807, 2.05) is 18.7 Å². The summed E-state index contributed by atoms with van der Waals surface area (Å²) in [5, 5.41) is 8.01. The largest absolute Gasteiger partial charge is 0.340 e. The van der Waals surface area contributed by atoms with E-state index >= 15 is 0 Å². The molecule has 2 aromatic rings. The molecule has 1 saturated heterocycles. The lowest BCUT2D eigenvalue weighted by atomic mass is 9.95. The zero-order chi connectivity index (χ0) is 16.4. The summed E-state index contributed by atoms with van der Waals surface area (Å²) in [4.78, 5) is 23.2. The zero-order valence-corrected chi connectivity index (χ0v) is 13.7. The molecule has 0 bridgehead atoms. The third kappa shape index (κ3) is 3.25. The fourth-order valence-electron chi connectivity index (χ4n) is 3.11. The molecule has 0 N–H and O–H groups in total. The van der Waals surface area contributed by atoms with E-state index in [0.29, 0.717) is 18.3 Å². The lowest BCUT2D eigenvalue weighted by Crippen LogP contribution is -2.44. The van der Waals surface area contributed by atoms with Crippen LogP contribution in [0.5, 0.6) is 0 Å². The Hall–Kier alpha value is -2.25. The maximum atomic E-state index is 13.0. The Bertz CT molecular complexity index is 651. The van der Waals surface area contributed by atoms with Crippen molar-refractivity contribution in [2.75, 3.05) is 13.1 Å². The molecule has 1 aliphatic rings. The number of carbonyl (C=O) groups excluding carboxylic acids is 1. The number of hydrogen-bond donors (Lipinski definition) is 0. The number of likely N-dealkylation sites (tertiary alicyclic amines) is 1. The molecular weight excluding hydrogens is 296 g/mol. The van der Waals surface area contributed by atoms with Gasteiger partial charge in [0.2, 0.25) is 11.8 Å². The highest BCUT2D eigenvalue weighted by molar-refractivity contribution is 5.80. The predicted molar refractivity (Wildman–Crippen MR) is 81.5 cm³/mol. The Labute approximate surface area is 134 Å². The van der Waals surface area contributed by atoms with E-state index in [1.54, 1.807) is 17.9 Å². The Morgan fingerprint density at radius 1 is 1.43 bits per heavy atom. The van der Waals surface area contributed by atoms with Gasteiger partial charge in [0.05, 0.1) is 5.92 Å². The van der Waals surface area contributed by atoms with Gasteiger partial charge in [-0.3, -0.25) is 4.79 Å². The molecule has 1 aliphatic heterocycles. The fraction of sp³-hybridized carbons (Fsp3) is 0.667. The molecule has 1 amide bonds. The summed E-state index contributed by atoms with van der Waals surface area (Å²) < 4.78 is 6.93. The third-order valence-corrected chi connectivity index (χ3v) is 4.23. The topological polar surface area (TPSA) is 89.9 Å². The van der Waals surface area contributed by atoms with Crippen LogP contribution in [0.3, 0.4) is 0 Å². The van der Waals surface area contributed by atoms with Crippen molar-refractivity contribution in [2.45, 2.75) is 45.6 Å². The van der Waals surface area contributed by atoms with Crippen molar-refractivity contribution in [1.29, 1.82) is 0 Å². The highest BCUT2D eigenvalue weighted by Gasteiger charge is 2.34. The van der Waals surface area contributed by atoms with Crippen molar-refractivity contribution >= 4 is 5.91 Å². The average Bonchev–Trinajstić information content (AvgIpc) is 3.19. The minimum absolute atomic E-state index is 0.0754. The molecule has 3 rings (SSSR count). The van der Waals surface area contributed by atoms with Gasteiger partial charge in [0, 0.05) is 13.1 Å². The number of aryl methyl sites for hydroxylation is 1. The zero-order valence-electron chi connectivity index (χ0n) is 13.7. The van der Waals surface area contributed by atoms with Crippen LogP contribution in [0.2, 0.25) is 0 Å². The van der Waals surface area contributed by atoms with Crippen LogP contribution in [0.4, 0.5) is 0 Å². The lowest BCUT2D eigenvalue weighted by Gasteiger charge is -2.34. The predicted octanol–water partition coefficient (Wildman–Crippen LogP) is 1.57. The van der Waals surface area contributed by atoms with E-state index in [1.165, 1.54) is 6.33 Å². The maximum Gasteiger partial charge on any atom is 0.247 e. The summed E-state index contributed by atoms with van der Waals surface area (Å²) in [6.45, 7) is 7.21. The second kappa shape index (κ2) is 6.47. The van der Waals surface area contributed by atoms with Crippen LogP contribution in [-0.4, -0.2) is 48.8 Å². The first kappa shape index (κ1) is 15.6. The van der Waals surface area contributed by atoms with Crippen LogP contribution < -0.4 is 0 Å². The minimum Gasteiger partial charge on any atom is -0.340 e. The molecule has 0 spiro atoms. The van der Waals surface area contributed by atoms with Gasteiger partial charge >= 0.3 is 0 Å². The summed E-state index contributed by atoms with van der Waals surface area (Å²) in [5.41, 5.74) is 0. The first-order valence-electron chi connectivity index (χ1n) is 7.99. The monoisotopic (exact) mass is 318 g/mol. The van der Waals surface area contributed by atoms with Crippen molar-refractivity contribution in [2.24, 2.45) is 5.92 Å². The van der Waals surface area contributed by atoms with Gasteiger partial charge in [-0.25, -0.2) is 9.67 Å². The number of nitrogens with zero attached hydrogens (tertiary/aromatic N) is 6. The minimum atomic E-state index is -0.333. The van der Waals surface area contributed by atoms with Crippen LogP contribution in [0.25, 0.3) is 0 Å². The van der Waals surface area contributed by atoms with Gasteiger partial charge in [-0.1, -0.05) is 19.0 Å². The highest BCUT2D eigenvalue weighted by Crippen LogP contribution is 2.28. The molecule has 1 fully saturated rings. The van der Waals surface area contributed by atoms with Gasteiger partial charge in [0.15, 0.2) is 5.82 Å². The number of amides is 1. The van der Waals surface area contributed by atoms with E-state index in [0.717, 1.165) is 19.4 Å². The number of piperidine rings is 1. The van der Waals surface area contributed by atoms with Gasteiger partial charge in [-0.2, -0.15) is 10.1 Å². The van der Waals surface area contributed by atoms with Crippen LogP contribution in [0.15, 0.2) is 17.2 Å². The SMILES string of the molecule is Cc1noc([C@@H]2CCCN(C(=O)[C@H](C(C)C)n3cncn3)C2)n1. The number of carbonyl (C=O) groups is 1. The van der Waals surface area contributed by atoms with Crippen molar-refractivity contribution in [3.8, 4) is 0 Å². The molecule has 0 aromatic carbocycles. The van der Waals surface area contributed by atoms with Gasteiger partial charge in [-0.15, -0.1) is 0 Å². The van der Waals surface area contributed by atoms with Crippen LogP contribution >= 0.6 is 0 Å². The third-order valence-electron chi connectivity index (χ3n) is 4.23. The summed E-state index contributed by atoms with van der Waals surface area (Å²) in [6.07, 6.45) is 4.95. The molecule has 8 heteroatoms. The molecule has 23 heavy (non-hydrogen) atoms. The number of aromatic nitrogens is 5. The smallest absolute Gasteiger partial charge is 0.247 e. The van der Waals surface area contributed by atoms with Crippen LogP contribution in [-0.2, 0) is 4.79 Å². The highest BCUT2D eigenvalue weighted by atomic mass is 16.5. The van der Waals surface area contributed by atoms with Gasteiger partial charge < -0.3 is 9.42 Å². The van der Waals surface area contributed by atoms with Gasteiger partial charge in [0.1, 0.15) is 18.7 Å². The van der Waals surface area contributed by atoms with E-state index in [-0.39, 0.29) is 23.8 Å². The molecule has 3 heterocycles. The lowest BCUT2D eigenvalue weighted by molar-refractivity contribution is -0.137. The Kier molecular flexibility index (Phi) is 4.40. The summed E-state index contributed by atoms with van der Waals surface area (Å²) in [7, 11) is 0. The molecule has 0 saturated carbocycles. The quantitative estimate of drug-likeness (QED) is 0.850. The summed E-state index contributed by atoms with van der Waals surface area (Å²) >= 11 is 0. The molecule has 2 atom stereocenters. The molecule has 0 unspecified atom stereocenters. The second-order valence-corrected chi connectivity index (χ2v) is 6.37. The van der Waals surface area contributed by atoms with E-state index in [2.05, 4.69) is 20.2 Å². The molecule has 8 nitrogen and oxygen atoms in total. The molecule has 0 aliphatic carbocycles. The standard InChI is InChI=1S/C15H22N6O2/c1-10(2)13(21-9-16-8-17-21)15(22)20-6-4-5-12(7-20)14-18-11(3)19-23-14/h8-10,12-13H,4-7H2,1-3H3/t12-,13+/m1/s1. The van der Waals surface area contributed by atoms with Crippen LogP contribution in [0, 0.1) is 12.8 Å². The number of hydrogen-bond acceptors (Lipinski definition) is 6. The van der Waals surface area contributed by atoms with Gasteiger partial charge in [0.25, 0.3) is 0 Å². The molecule has 124 valence electrons. The van der Waals surface area contributed by atoms with Crippen molar-refractivity contribution in [3.63, 3.8) is 0 Å². The fourth-order valence-corrected chi connectivity index (χ4v) is 3.11. The summed E-state index contributed by atoms with van der Waals surface area (Å²) in [5.74, 6) is 1.58. The van der Waals surface area contributed by atoms with Crippen molar-refractivity contribution in [3.05, 3.63) is 24.4 Å². The Balaban J connectivity index is 1.75. The van der Waals surface area contributed by atoms with E-state index in [9.17, 15) is 4.79 Å². The van der Waals surface area contributed by atoms with Gasteiger partial charge in [-0.05, 0) is 25.7 Å². The van der Waals surface area contributed by atoms with Crippen molar-refractivity contribution in [1.82, 2.24) is 29.8 Å². The molecular formula is C15H22N6O2. The molecule has 2 aromatic heterocycles. The average molecular weight is 318 g/mol. The Morgan fingerprint density at radius 3 is 2.87 bits per heavy atom. The first-order valence-corrected chi connectivity index (χ1v) is 7.99. The van der Waals surface area contributed by atoms with E-state index < -0.39 is 0 Å².